The van der Waals surface area contributed by atoms with Crippen molar-refractivity contribution >= 4 is 11.9 Å². The van der Waals surface area contributed by atoms with Gasteiger partial charge >= 0.3 is 5.97 Å². The Bertz CT molecular complexity index is 418. The molecule has 2 saturated heterocycles. The number of fused-ring (bicyclic) bond motifs is 1. The van der Waals surface area contributed by atoms with E-state index in [2.05, 4.69) is 0 Å². The number of aliphatic carboxylic acids is 1. The second-order valence-electron chi connectivity index (χ2n) is 7.17. The minimum atomic E-state index is -0.752. The molecule has 2 heterocycles. The first kappa shape index (κ1) is 15.8. The molecule has 5 nitrogen and oxygen atoms in total. The lowest BCUT2D eigenvalue weighted by atomic mass is 9.85. The van der Waals surface area contributed by atoms with Crippen LogP contribution in [0, 0.1) is 5.92 Å². The molecular formula is C17H28N2O3. The van der Waals surface area contributed by atoms with Gasteiger partial charge in [-0.2, -0.15) is 0 Å². The monoisotopic (exact) mass is 308 g/mol. The van der Waals surface area contributed by atoms with Gasteiger partial charge in [-0.15, -0.1) is 0 Å². The van der Waals surface area contributed by atoms with Crippen LogP contribution in [-0.2, 0) is 9.59 Å². The average Bonchev–Trinajstić information content (AvgIpc) is 2.70. The minimum Gasteiger partial charge on any atom is -0.480 e. The van der Waals surface area contributed by atoms with Gasteiger partial charge in [0.2, 0.25) is 5.91 Å². The summed E-state index contributed by atoms with van der Waals surface area (Å²) in [4.78, 5) is 28.2. The van der Waals surface area contributed by atoms with E-state index in [1.807, 2.05) is 9.80 Å². The van der Waals surface area contributed by atoms with Crippen LogP contribution >= 0.6 is 0 Å². The molecule has 3 atom stereocenters. The fourth-order valence-electron chi connectivity index (χ4n) is 4.60. The van der Waals surface area contributed by atoms with E-state index in [1.165, 1.54) is 25.7 Å². The predicted molar refractivity (Wildman–Crippen MR) is 83.5 cm³/mol. The molecule has 0 radical (unpaired) electrons. The highest BCUT2D eigenvalue weighted by Crippen LogP contribution is 2.39. The molecule has 22 heavy (non-hydrogen) atoms. The second-order valence-corrected chi connectivity index (χ2v) is 7.17. The second kappa shape index (κ2) is 6.99. The number of hydrogen-bond acceptors (Lipinski definition) is 3. The first-order valence-electron chi connectivity index (χ1n) is 8.93. The van der Waals surface area contributed by atoms with Crippen LogP contribution in [-0.4, -0.2) is 58.5 Å². The Labute approximate surface area is 132 Å². The molecule has 1 N–H and O–H groups in total. The number of amides is 1. The fraction of sp³-hybridized carbons (Fsp3) is 0.882. The van der Waals surface area contributed by atoms with E-state index in [9.17, 15) is 14.7 Å². The third kappa shape index (κ3) is 3.29. The van der Waals surface area contributed by atoms with Crippen LogP contribution in [0.25, 0.3) is 0 Å². The smallest absolute Gasteiger partial charge is 0.320 e. The third-order valence-corrected chi connectivity index (χ3v) is 5.78. The van der Waals surface area contributed by atoms with Crippen molar-refractivity contribution in [1.82, 2.24) is 9.80 Å². The van der Waals surface area contributed by atoms with Gasteiger partial charge in [-0.1, -0.05) is 25.7 Å². The number of hydrogen-bond donors (Lipinski definition) is 1. The van der Waals surface area contributed by atoms with Crippen molar-refractivity contribution in [3.63, 3.8) is 0 Å². The lowest BCUT2D eigenvalue weighted by molar-refractivity contribution is -0.144. The average molecular weight is 308 g/mol. The van der Waals surface area contributed by atoms with E-state index in [0.29, 0.717) is 18.5 Å². The Balaban J connectivity index is 1.67. The van der Waals surface area contributed by atoms with Crippen molar-refractivity contribution < 1.29 is 14.7 Å². The Hall–Kier alpha value is -1.10. The lowest BCUT2D eigenvalue weighted by Gasteiger charge is -2.33. The maximum Gasteiger partial charge on any atom is 0.320 e. The van der Waals surface area contributed by atoms with Crippen LogP contribution in [0.1, 0.15) is 57.8 Å². The Morgan fingerprint density at radius 2 is 1.64 bits per heavy atom. The highest BCUT2D eigenvalue weighted by molar-refractivity contribution is 5.80. The van der Waals surface area contributed by atoms with Crippen molar-refractivity contribution in [3.05, 3.63) is 0 Å². The first-order chi connectivity index (χ1) is 10.7. The Kier molecular flexibility index (Phi) is 5.01. The van der Waals surface area contributed by atoms with Gasteiger partial charge in [0.05, 0.1) is 6.54 Å². The zero-order valence-electron chi connectivity index (χ0n) is 13.4. The number of likely N-dealkylation sites (tertiary alicyclic amines) is 2. The van der Waals surface area contributed by atoms with Crippen LogP contribution in [0.15, 0.2) is 0 Å². The van der Waals surface area contributed by atoms with Gasteiger partial charge in [-0.3, -0.25) is 14.5 Å². The summed E-state index contributed by atoms with van der Waals surface area (Å²) < 4.78 is 0. The molecule has 0 aromatic carbocycles. The molecule has 1 saturated carbocycles. The Morgan fingerprint density at radius 3 is 2.32 bits per heavy atom. The van der Waals surface area contributed by atoms with Crippen molar-refractivity contribution in [2.24, 2.45) is 5.92 Å². The molecule has 0 aromatic heterocycles. The van der Waals surface area contributed by atoms with Gasteiger partial charge in [-0.05, 0) is 38.0 Å². The molecule has 2 aliphatic heterocycles. The van der Waals surface area contributed by atoms with Crippen LogP contribution in [0.5, 0.6) is 0 Å². The normalized spacial score (nSPS) is 33.3. The molecule has 0 bridgehead atoms. The number of nitrogens with zero attached hydrogens (tertiary/aromatic N) is 2. The summed E-state index contributed by atoms with van der Waals surface area (Å²) in [6, 6.07) is -0.144. The van der Waals surface area contributed by atoms with Crippen LogP contribution in [0.2, 0.25) is 0 Å². The van der Waals surface area contributed by atoms with Gasteiger partial charge < -0.3 is 10.0 Å². The zero-order valence-corrected chi connectivity index (χ0v) is 13.4. The highest BCUT2D eigenvalue weighted by Gasteiger charge is 2.46. The van der Waals surface area contributed by atoms with Crippen molar-refractivity contribution in [2.75, 3.05) is 19.6 Å². The van der Waals surface area contributed by atoms with Crippen LogP contribution < -0.4 is 0 Å². The fourth-order valence-corrected chi connectivity index (χ4v) is 4.60. The first-order valence-corrected chi connectivity index (χ1v) is 8.93. The van der Waals surface area contributed by atoms with Crippen molar-refractivity contribution in [2.45, 2.75) is 69.9 Å². The minimum absolute atomic E-state index is 0.138. The van der Waals surface area contributed by atoms with E-state index in [-0.39, 0.29) is 5.91 Å². The maximum absolute atomic E-state index is 12.6. The van der Waals surface area contributed by atoms with Crippen LogP contribution in [0.3, 0.4) is 0 Å². The molecule has 3 rings (SSSR count). The number of rotatable bonds is 3. The molecule has 124 valence electrons. The van der Waals surface area contributed by atoms with E-state index in [0.717, 1.165) is 45.2 Å². The van der Waals surface area contributed by atoms with Crippen molar-refractivity contribution in [1.29, 1.82) is 0 Å². The number of carbonyl (C=O) groups excluding carboxylic acids is 1. The topological polar surface area (TPSA) is 60.9 Å². The lowest BCUT2D eigenvalue weighted by Crippen LogP contribution is -2.48. The third-order valence-electron chi connectivity index (χ3n) is 5.78. The summed E-state index contributed by atoms with van der Waals surface area (Å²) in [6.07, 6.45) is 9.87. The zero-order chi connectivity index (χ0) is 15.5. The van der Waals surface area contributed by atoms with Gasteiger partial charge in [0, 0.05) is 19.1 Å². The maximum atomic E-state index is 12.6. The summed E-state index contributed by atoms with van der Waals surface area (Å²) in [5, 5.41) is 9.53. The summed E-state index contributed by atoms with van der Waals surface area (Å²) in [7, 11) is 0. The predicted octanol–water partition coefficient (Wildman–Crippen LogP) is 2.11. The van der Waals surface area contributed by atoms with Gasteiger partial charge in [0.25, 0.3) is 0 Å². The van der Waals surface area contributed by atoms with Gasteiger partial charge in [-0.25, -0.2) is 0 Å². The van der Waals surface area contributed by atoms with Gasteiger partial charge in [0.15, 0.2) is 0 Å². The van der Waals surface area contributed by atoms with Gasteiger partial charge in [0.1, 0.15) is 6.04 Å². The quantitative estimate of drug-likeness (QED) is 0.867. The SMILES string of the molecule is O=C(O)[C@@H]1C[C@H]2CCCC[C@H]2N1CC(=O)N1CCCCCC1. The molecule has 1 aliphatic carbocycles. The molecule has 0 aromatic rings. The van der Waals surface area contributed by atoms with Crippen LogP contribution in [0.4, 0.5) is 0 Å². The molecule has 1 amide bonds. The number of carboxylic acid groups (broad SMARTS) is 1. The summed E-state index contributed by atoms with van der Waals surface area (Å²) >= 11 is 0. The molecule has 5 heteroatoms. The van der Waals surface area contributed by atoms with E-state index in [1.54, 1.807) is 0 Å². The number of carboxylic acids is 1. The molecule has 0 unspecified atom stereocenters. The van der Waals surface area contributed by atoms with E-state index >= 15 is 0 Å². The van der Waals surface area contributed by atoms with E-state index in [4.69, 9.17) is 0 Å². The summed E-state index contributed by atoms with van der Waals surface area (Å²) in [5.74, 6) is -0.135. The molecule has 0 spiro atoms. The largest absolute Gasteiger partial charge is 0.480 e. The number of carbonyl (C=O) groups is 2. The highest BCUT2D eigenvalue weighted by atomic mass is 16.4. The Morgan fingerprint density at radius 1 is 0.955 bits per heavy atom. The van der Waals surface area contributed by atoms with E-state index < -0.39 is 12.0 Å². The summed E-state index contributed by atoms with van der Waals surface area (Å²) in [5.41, 5.74) is 0. The molecular weight excluding hydrogens is 280 g/mol. The van der Waals surface area contributed by atoms with Crippen molar-refractivity contribution in [3.8, 4) is 0 Å². The molecule has 3 aliphatic rings. The summed E-state index contributed by atoms with van der Waals surface area (Å²) in [6.45, 7) is 2.00. The standard InChI is InChI=1S/C17H28N2O3/c20-16(18-9-5-1-2-6-10-18)12-19-14-8-4-3-7-13(14)11-15(19)17(21)22/h13-15H,1-12H2,(H,21,22)/t13-,14-,15+/m1/s1. The molecule has 3 fully saturated rings.